The van der Waals surface area contributed by atoms with Crippen molar-refractivity contribution in [1.29, 1.82) is 0 Å². The van der Waals surface area contributed by atoms with Crippen LogP contribution in [0.2, 0.25) is 0 Å². The normalized spacial score (nSPS) is 12.7. The Bertz CT molecular complexity index is 155. The minimum absolute atomic E-state index is 0.0161. The lowest BCUT2D eigenvalue weighted by atomic mass is 10.0. The lowest BCUT2D eigenvalue weighted by Gasteiger charge is -2.16. The molecule has 0 aliphatic heterocycles. The SMILES string of the molecule is C=CC(=O)N[C@@H](CO)CC(C)C. The van der Waals surface area contributed by atoms with Gasteiger partial charge in [0.1, 0.15) is 0 Å². The van der Waals surface area contributed by atoms with Crippen molar-refractivity contribution in [2.75, 3.05) is 6.61 Å². The second-order valence-corrected chi connectivity index (χ2v) is 3.22. The Morgan fingerprint density at radius 1 is 1.67 bits per heavy atom. The molecule has 1 amide bonds. The lowest BCUT2D eigenvalue weighted by molar-refractivity contribution is -0.117. The molecule has 0 aliphatic carbocycles. The van der Waals surface area contributed by atoms with E-state index >= 15 is 0 Å². The average molecular weight is 171 g/mol. The van der Waals surface area contributed by atoms with Crippen molar-refractivity contribution < 1.29 is 9.90 Å². The van der Waals surface area contributed by atoms with Crippen molar-refractivity contribution in [3.05, 3.63) is 12.7 Å². The number of carbonyl (C=O) groups excluding carboxylic acids is 1. The predicted octanol–water partition coefficient (Wildman–Crippen LogP) is 0.696. The van der Waals surface area contributed by atoms with Crippen molar-refractivity contribution in [3.63, 3.8) is 0 Å². The van der Waals surface area contributed by atoms with Crippen molar-refractivity contribution in [3.8, 4) is 0 Å². The fourth-order valence-corrected chi connectivity index (χ4v) is 1.01. The summed E-state index contributed by atoms with van der Waals surface area (Å²) >= 11 is 0. The van der Waals surface area contributed by atoms with Gasteiger partial charge >= 0.3 is 0 Å². The van der Waals surface area contributed by atoms with Gasteiger partial charge in [-0.15, -0.1) is 0 Å². The summed E-state index contributed by atoms with van der Waals surface area (Å²) in [4.78, 5) is 10.8. The molecule has 0 radical (unpaired) electrons. The first-order chi connectivity index (χ1) is 5.60. The molecule has 0 aliphatic rings. The Kier molecular flexibility index (Phi) is 5.37. The summed E-state index contributed by atoms with van der Waals surface area (Å²) in [5.41, 5.74) is 0. The number of hydrogen-bond acceptors (Lipinski definition) is 2. The molecule has 0 rings (SSSR count). The van der Waals surface area contributed by atoms with Crippen LogP contribution in [0.15, 0.2) is 12.7 Å². The van der Waals surface area contributed by atoms with Crippen molar-refractivity contribution in [2.24, 2.45) is 5.92 Å². The summed E-state index contributed by atoms with van der Waals surface area (Å²) in [5, 5.41) is 11.5. The summed E-state index contributed by atoms with van der Waals surface area (Å²) in [6.45, 7) is 7.41. The van der Waals surface area contributed by atoms with Crippen LogP contribution < -0.4 is 5.32 Å². The summed E-state index contributed by atoms with van der Waals surface area (Å²) in [6.07, 6.45) is 2.00. The number of hydrogen-bond donors (Lipinski definition) is 2. The quantitative estimate of drug-likeness (QED) is 0.598. The van der Waals surface area contributed by atoms with E-state index in [2.05, 4.69) is 11.9 Å². The van der Waals surface area contributed by atoms with Gasteiger partial charge in [0.15, 0.2) is 0 Å². The molecule has 0 aromatic carbocycles. The predicted molar refractivity (Wildman–Crippen MR) is 48.7 cm³/mol. The van der Waals surface area contributed by atoms with Gasteiger partial charge in [0.2, 0.25) is 5.91 Å². The van der Waals surface area contributed by atoms with Crippen LogP contribution in [0.3, 0.4) is 0 Å². The maximum atomic E-state index is 10.8. The third-order valence-corrected chi connectivity index (χ3v) is 1.51. The number of aliphatic hydroxyl groups is 1. The fourth-order valence-electron chi connectivity index (χ4n) is 1.01. The van der Waals surface area contributed by atoms with Gasteiger partial charge in [-0.25, -0.2) is 0 Å². The number of rotatable bonds is 5. The van der Waals surface area contributed by atoms with Crippen LogP contribution in [-0.2, 0) is 4.79 Å². The van der Waals surface area contributed by atoms with Crippen LogP contribution in [-0.4, -0.2) is 23.7 Å². The van der Waals surface area contributed by atoms with Crippen LogP contribution in [0.1, 0.15) is 20.3 Å². The monoisotopic (exact) mass is 171 g/mol. The van der Waals surface area contributed by atoms with Crippen molar-refractivity contribution in [2.45, 2.75) is 26.3 Å². The summed E-state index contributed by atoms with van der Waals surface area (Å²) < 4.78 is 0. The second kappa shape index (κ2) is 5.77. The molecule has 0 unspecified atom stereocenters. The van der Waals surface area contributed by atoms with Crippen LogP contribution in [0.25, 0.3) is 0 Å². The Morgan fingerprint density at radius 3 is 2.58 bits per heavy atom. The third kappa shape index (κ3) is 4.91. The van der Waals surface area contributed by atoms with E-state index in [9.17, 15) is 4.79 Å². The minimum Gasteiger partial charge on any atom is -0.394 e. The molecule has 0 bridgehead atoms. The highest BCUT2D eigenvalue weighted by Crippen LogP contribution is 2.03. The third-order valence-electron chi connectivity index (χ3n) is 1.51. The summed E-state index contributed by atoms with van der Waals surface area (Å²) in [5.74, 6) is 0.238. The average Bonchev–Trinajstić information content (AvgIpc) is 2.02. The first-order valence-corrected chi connectivity index (χ1v) is 4.14. The van der Waals surface area contributed by atoms with E-state index in [1.165, 1.54) is 6.08 Å². The van der Waals surface area contributed by atoms with Crippen molar-refractivity contribution >= 4 is 5.91 Å². The Labute approximate surface area is 73.5 Å². The Balaban J connectivity index is 3.82. The molecule has 0 saturated carbocycles. The lowest BCUT2D eigenvalue weighted by Crippen LogP contribution is -2.37. The van der Waals surface area contributed by atoms with Crippen LogP contribution in [0.5, 0.6) is 0 Å². The van der Waals surface area contributed by atoms with E-state index in [-0.39, 0.29) is 18.6 Å². The van der Waals surface area contributed by atoms with E-state index in [4.69, 9.17) is 5.11 Å². The number of carbonyl (C=O) groups is 1. The molecule has 0 aromatic rings. The van der Waals surface area contributed by atoms with Crippen LogP contribution in [0, 0.1) is 5.92 Å². The molecular formula is C9H17NO2. The largest absolute Gasteiger partial charge is 0.394 e. The standard InChI is InChI=1S/C9H17NO2/c1-4-9(12)10-8(6-11)5-7(2)3/h4,7-8,11H,1,5-6H2,2-3H3,(H,10,12)/t8-/m1/s1. The van der Waals surface area contributed by atoms with Gasteiger partial charge in [0.25, 0.3) is 0 Å². The molecule has 3 nitrogen and oxygen atoms in total. The molecule has 12 heavy (non-hydrogen) atoms. The molecular weight excluding hydrogens is 154 g/mol. The highest BCUT2D eigenvalue weighted by atomic mass is 16.3. The fraction of sp³-hybridized carbons (Fsp3) is 0.667. The van der Waals surface area contributed by atoms with Crippen LogP contribution in [0.4, 0.5) is 0 Å². The molecule has 0 fully saturated rings. The smallest absolute Gasteiger partial charge is 0.243 e. The zero-order valence-corrected chi connectivity index (χ0v) is 7.71. The molecule has 0 heterocycles. The van der Waals surface area contributed by atoms with Gasteiger partial charge in [-0.2, -0.15) is 0 Å². The maximum absolute atomic E-state index is 10.8. The highest BCUT2D eigenvalue weighted by molar-refractivity contribution is 5.87. The Hall–Kier alpha value is -0.830. The van der Waals surface area contributed by atoms with E-state index in [0.717, 1.165) is 6.42 Å². The number of nitrogens with one attached hydrogen (secondary N) is 1. The van der Waals surface area contributed by atoms with Crippen molar-refractivity contribution in [1.82, 2.24) is 5.32 Å². The van der Waals surface area contributed by atoms with E-state index in [0.29, 0.717) is 5.92 Å². The van der Waals surface area contributed by atoms with Gasteiger partial charge in [-0.1, -0.05) is 20.4 Å². The molecule has 0 saturated heterocycles. The molecule has 0 aromatic heterocycles. The highest BCUT2D eigenvalue weighted by Gasteiger charge is 2.10. The van der Waals surface area contributed by atoms with Crippen LogP contribution >= 0.6 is 0 Å². The molecule has 3 heteroatoms. The van der Waals surface area contributed by atoms with E-state index in [1.54, 1.807) is 0 Å². The van der Waals surface area contributed by atoms with Gasteiger partial charge in [-0.05, 0) is 18.4 Å². The Morgan fingerprint density at radius 2 is 2.25 bits per heavy atom. The molecule has 1 atom stereocenters. The second-order valence-electron chi connectivity index (χ2n) is 3.22. The topological polar surface area (TPSA) is 49.3 Å². The zero-order valence-electron chi connectivity index (χ0n) is 7.71. The zero-order chi connectivity index (χ0) is 9.56. The maximum Gasteiger partial charge on any atom is 0.243 e. The van der Waals surface area contributed by atoms with Gasteiger partial charge in [-0.3, -0.25) is 4.79 Å². The van der Waals surface area contributed by atoms with Gasteiger partial charge < -0.3 is 10.4 Å². The van der Waals surface area contributed by atoms with E-state index in [1.807, 2.05) is 13.8 Å². The van der Waals surface area contributed by atoms with Gasteiger partial charge in [0, 0.05) is 0 Å². The molecule has 70 valence electrons. The van der Waals surface area contributed by atoms with E-state index < -0.39 is 0 Å². The summed E-state index contributed by atoms with van der Waals surface area (Å²) in [7, 11) is 0. The number of aliphatic hydroxyl groups excluding tert-OH is 1. The first kappa shape index (κ1) is 11.2. The summed E-state index contributed by atoms with van der Waals surface area (Å²) in [6, 6.07) is -0.143. The van der Waals surface area contributed by atoms with Gasteiger partial charge in [0.05, 0.1) is 12.6 Å². The first-order valence-electron chi connectivity index (χ1n) is 4.14. The minimum atomic E-state index is -0.227. The molecule has 0 spiro atoms. The number of amides is 1. The molecule has 2 N–H and O–H groups in total.